The second-order valence-corrected chi connectivity index (χ2v) is 3.34. The Labute approximate surface area is 84.2 Å². The molecule has 0 amide bonds. The summed E-state index contributed by atoms with van der Waals surface area (Å²) in [5.41, 5.74) is 0. The zero-order chi connectivity index (χ0) is 11.1. The molecule has 0 aliphatic heterocycles. The molecular weight excluding hydrogens is 184 g/mol. The monoisotopic (exact) mass is 202 g/mol. The number of aliphatic hydroxyl groups is 2. The van der Waals surface area contributed by atoms with E-state index in [0.717, 1.165) is 6.08 Å². The third kappa shape index (κ3) is 4.39. The van der Waals surface area contributed by atoms with Gasteiger partial charge in [0.1, 0.15) is 6.10 Å². The van der Waals surface area contributed by atoms with Gasteiger partial charge in [-0.2, -0.15) is 0 Å². The van der Waals surface area contributed by atoms with Crippen molar-refractivity contribution in [1.82, 2.24) is 0 Å². The molecule has 82 valence electrons. The van der Waals surface area contributed by atoms with Crippen LogP contribution in [0.4, 0.5) is 0 Å². The van der Waals surface area contributed by atoms with E-state index in [-0.39, 0.29) is 12.5 Å². The minimum atomic E-state index is -0.750. The van der Waals surface area contributed by atoms with E-state index in [1.807, 2.05) is 6.92 Å². The van der Waals surface area contributed by atoms with Crippen LogP contribution in [0.15, 0.2) is 12.7 Å². The van der Waals surface area contributed by atoms with Crippen molar-refractivity contribution in [3.63, 3.8) is 0 Å². The molecule has 0 heterocycles. The average molecular weight is 202 g/mol. The summed E-state index contributed by atoms with van der Waals surface area (Å²) in [4.78, 5) is 10.9. The fourth-order valence-electron chi connectivity index (χ4n) is 1.24. The number of ether oxygens (including phenoxy) is 1. The highest BCUT2D eigenvalue weighted by Gasteiger charge is 2.24. The third-order valence-electron chi connectivity index (χ3n) is 2.04. The van der Waals surface area contributed by atoms with Crippen molar-refractivity contribution in [2.75, 3.05) is 6.61 Å². The van der Waals surface area contributed by atoms with Gasteiger partial charge in [0.2, 0.25) is 0 Å². The van der Waals surface area contributed by atoms with Gasteiger partial charge in [-0.15, -0.1) is 0 Å². The third-order valence-corrected chi connectivity index (χ3v) is 2.04. The van der Waals surface area contributed by atoms with Crippen molar-refractivity contribution >= 4 is 5.97 Å². The first-order chi connectivity index (χ1) is 6.52. The van der Waals surface area contributed by atoms with Gasteiger partial charge in [-0.25, -0.2) is 4.79 Å². The number of hydrogen-bond acceptors (Lipinski definition) is 4. The molecule has 0 aromatic heterocycles. The molecule has 2 N–H and O–H groups in total. The van der Waals surface area contributed by atoms with Crippen LogP contribution in [0, 0.1) is 5.92 Å². The lowest BCUT2D eigenvalue weighted by Gasteiger charge is -2.25. The molecule has 3 atom stereocenters. The van der Waals surface area contributed by atoms with E-state index in [1.165, 1.54) is 0 Å². The molecule has 0 aliphatic carbocycles. The Bertz CT molecular complexity index is 189. The molecule has 2 unspecified atom stereocenters. The van der Waals surface area contributed by atoms with Crippen LogP contribution in [-0.4, -0.2) is 35.0 Å². The molecule has 0 radical (unpaired) electrons. The van der Waals surface area contributed by atoms with Gasteiger partial charge in [-0.05, 0) is 19.3 Å². The van der Waals surface area contributed by atoms with Crippen molar-refractivity contribution in [3.05, 3.63) is 12.7 Å². The first-order valence-electron chi connectivity index (χ1n) is 4.64. The molecule has 14 heavy (non-hydrogen) atoms. The van der Waals surface area contributed by atoms with Gasteiger partial charge in [0.25, 0.3) is 0 Å². The Hall–Kier alpha value is -0.870. The summed E-state index contributed by atoms with van der Waals surface area (Å²) in [6.45, 7) is 6.64. The standard InChI is InChI=1S/C10H18O4/c1-4-9(13)14-10(8(3)12)7(2)5-6-11/h4,7-8,10-12H,1,5-6H2,2-3H3/t7?,8?,10-/m0/s1. The molecule has 0 spiro atoms. The summed E-state index contributed by atoms with van der Waals surface area (Å²) in [5.74, 6) is -0.635. The van der Waals surface area contributed by atoms with Crippen LogP contribution in [0.1, 0.15) is 20.3 Å². The molecule has 0 saturated heterocycles. The molecule has 0 fully saturated rings. The molecule has 0 aromatic carbocycles. The van der Waals surface area contributed by atoms with E-state index in [4.69, 9.17) is 9.84 Å². The predicted octanol–water partition coefficient (Wildman–Crippen LogP) is 0.483. The molecular formula is C10H18O4. The van der Waals surface area contributed by atoms with Gasteiger partial charge in [0.15, 0.2) is 0 Å². The van der Waals surface area contributed by atoms with Gasteiger partial charge < -0.3 is 14.9 Å². The molecule has 0 rings (SSSR count). The first-order valence-corrected chi connectivity index (χ1v) is 4.64. The fourth-order valence-corrected chi connectivity index (χ4v) is 1.24. The van der Waals surface area contributed by atoms with Crippen molar-refractivity contribution in [1.29, 1.82) is 0 Å². The molecule has 0 aromatic rings. The number of hydrogen-bond donors (Lipinski definition) is 2. The maximum absolute atomic E-state index is 10.9. The summed E-state index contributed by atoms with van der Waals surface area (Å²) in [5, 5.41) is 18.1. The molecule has 0 aliphatic rings. The zero-order valence-electron chi connectivity index (χ0n) is 8.64. The summed E-state index contributed by atoms with van der Waals surface area (Å²) in [7, 11) is 0. The fraction of sp³-hybridized carbons (Fsp3) is 0.700. The highest BCUT2D eigenvalue weighted by molar-refractivity contribution is 5.81. The summed E-state index contributed by atoms with van der Waals surface area (Å²) >= 11 is 0. The van der Waals surface area contributed by atoms with E-state index >= 15 is 0 Å². The van der Waals surface area contributed by atoms with Crippen LogP contribution in [0.2, 0.25) is 0 Å². The predicted molar refractivity (Wildman–Crippen MR) is 52.6 cm³/mol. The van der Waals surface area contributed by atoms with Crippen molar-refractivity contribution in [2.45, 2.75) is 32.5 Å². The van der Waals surface area contributed by atoms with Crippen LogP contribution in [0.3, 0.4) is 0 Å². The molecule has 4 nitrogen and oxygen atoms in total. The lowest BCUT2D eigenvalue weighted by molar-refractivity contribution is -0.152. The smallest absolute Gasteiger partial charge is 0.330 e. The molecule has 4 heteroatoms. The van der Waals surface area contributed by atoms with E-state index in [9.17, 15) is 9.90 Å². The van der Waals surface area contributed by atoms with Crippen LogP contribution in [0.5, 0.6) is 0 Å². The lowest BCUT2D eigenvalue weighted by Crippen LogP contribution is -2.35. The minimum Gasteiger partial charge on any atom is -0.456 e. The Morgan fingerprint density at radius 3 is 2.50 bits per heavy atom. The summed E-state index contributed by atoms with van der Waals surface area (Å²) in [6.07, 6.45) is 0.203. The Morgan fingerprint density at radius 2 is 2.14 bits per heavy atom. The lowest BCUT2D eigenvalue weighted by atomic mass is 9.97. The number of esters is 1. The van der Waals surface area contributed by atoms with Crippen molar-refractivity contribution in [2.24, 2.45) is 5.92 Å². The van der Waals surface area contributed by atoms with E-state index in [2.05, 4.69) is 6.58 Å². The molecule has 0 bridgehead atoms. The molecule has 0 saturated carbocycles. The van der Waals surface area contributed by atoms with E-state index in [0.29, 0.717) is 6.42 Å². The minimum absolute atomic E-state index is 0.00995. The SMILES string of the molecule is C=CC(=O)O[C@H](C(C)O)C(C)CCO. The van der Waals surface area contributed by atoms with Gasteiger partial charge in [0, 0.05) is 12.7 Å². The summed E-state index contributed by atoms with van der Waals surface area (Å²) in [6, 6.07) is 0. The highest BCUT2D eigenvalue weighted by Crippen LogP contribution is 2.15. The van der Waals surface area contributed by atoms with Gasteiger partial charge in [-0.1, -0.05) is 13.5 Å². The largest absolute Gasteiger partial charge is 0.456 e. The van der Waals surface area contributed by atoms with Gasteiger partial charge in [-0.3, -0.25) is 0 Å². The van der Waals surface area contributed by atoms with Gasteiger partial charge >= 0.3 is 5.97 Å². The Morgan fingerprint density at radius 1 is 1.57 bits per heavy atom. The maximum atomic E-state index is 10.9. The average Bonchev–Trinajstić information content (AvgIpc) is 2.13. The first kappa shape index (κ1) is 13.1. The number of carbonyl (C=O) groups excluding carboxylic acids is 1. The maximum Gasteiger partial charge on any atom is 0.330 e. The van der Waals surface area contributed by atoms with Gasteiger partial charge in [0.05, 0.1) is 6.10 Å². The highest BCUT2D eigenvalue weighted by atomic mass is 16.6. The van der Waals surface area contributed by atoms with Crippen LogP contribution >= 0.6 is 0 Å². The van der Waals surface area contributed by atoms with E-state index < -0.39 is 18.2 Å². The second kappa shape index (κ2) is 6.56. The Balaban J connectivity index is 4.27. The van der Waals surface area contributed by atoms with Crippen LogP contribution < -0.4 is 0 Å². The topological polar surface area (TPSA) is 66.8 Å². The number of carbonyl (C=O) groups is 1. The van der Waals surface area contributed by atoms with Crippen molar-refractivity contribution < 1.29 is 19.7 Å². The normalized spacial score (nSPS) is 16.9. The van der Waals surface area contributed by atoms with Crippen LogP contribution in [0.25, 0.3) is 0 Å². The summed E-state index contributed by atoms with van der Waals surface area (Å²) < 4.78 is 4.96. The van der Waals surface area contributed by atoms with Crippen molar-refractivity contribution in [3.8, 4) is 0 Å². The van der Waals surface area contributed by atoms with Crippen LogP contribution in [-0.2, 0) is 9.53 Å². The Kier molecular flexibility index (Phi) is 6.16. The zero-order valence-corrected chi connectivity index (χ0v) is 8.64. The number of rotatable bonds is 6. The van der Waals surface area contributed by atoms with E-state index in [1.54, 1.807) is 6.92 Å². The second-order valence-electron chi connectivity index (χ2n) is 3.34. The quantitative estimate of drug-likeness (QED) is 0.485. The number of aliphatic hydroxyl groups excluding tert-OH is 2.